The molecule has 0 fully saturated rings. The molecule has 0 amide bonds. The summed E-state index contributed by atoms with van der Waals surface area (Å²) in [6.45, 7) is 1.96. The maximum absolute atomic E-state index is 4.49. The van der Waals surface area contributed by atoms with E-state index in [1.54, 1.807) is 16.3 Å². The molecule has 0 radical (unpaired) electrons. The Hall–Kier alpha value is -1.73. The van der Waals surface area contributed by atoms with Crippen molar-refractivity contribution in [2.45, 2.75) is 22.2 Å². The van der Waals surface area contributed by atoms with Crippen molar-refractivity contribution in [2.24, 2.45) is 0 Å². The van der Waals surface area contributed by atoms with Gasteiger partial charge in [-0.25, -0.2) is 0 Å². The van der Waals surface area contributed by atoms with Gasteiger partial charge in [0.05, 0.1) is 11.4 Å². The lowest BCUT2D eigenvalue weighted by Gasteiger charge is -2.26. The van der Waals surface area contributed by atoms with Crippen LogP contribution in [0, 0.1) is 6.92 Å². The van der Waals surface area contributed by atoms with E-state index in [1.165, 1.54) is 5.56 Å². The summed E-state index contributed by atoms with van der Waals surface area (Å²) in [6.07, 6.45) is 6.81. The summed E-state index contributed by atoms with van der Waals surface area (Å²) in [4.78, 5) is 4.38. The highest BCUT2D eigenvalue weighted by Crippen LogP contribution is 2.44. The Bertz CT molecular complexity index is 891. The molecule has 0 N–H and O–H groups in total. The lowest BCUT2D eigenvalue weighted by Crippen LogP contribution is -2.21. The second-order valence-electron chi connectivity index (χ2n) is 5.17. The van der Waals surface area contributed by atoms with E-state index in [9.17, 15) is 0 Å². The van der Waals surface area contributed by atoms with Crippen LogP contribution in [0.15, 0.2) is 41.7 Å². The molecule has 0 spiro atoms. The number of aromatic nitrogens is 5. The summed E-state index contributed by atoms with van der Waals surface area (Å²) in [5.74, 6) is 0. The van der Waals surface area contributed by atoms with E-state index in [-0.39, 0.29) is 3.66 Å². The first-order chi connectivity index (χ1) is 10.6. The van der Waals surface area contributed by atoms with Crippen molar-refractivity contribution in [3.63, 3.8) is 0 Å². The molecule has 7 heteroatoms. The molecule has 1 aliphatic rings. The minimum atomic E-state index is -0.266. The molecule has 0 aromatic carbocycles. The molecule has 4 rings (SSSR count). The number of nitrogens with zero attached hydrogens (tertiary/aromatic N) is 5. The van der Waals surface area contributed by atoms with E-state index in [0.717, 1.165) is 28.6 Å². The fourth-order valence-corrected chi connectivity index (χ4v) is 4.26. The molecule has 1 aliphatic carbocycles. The van der Waals surface area contributed by atoms with E-state index >= 15 is 0 Å². The first-order valence-corrected chi connectivity index (χ1v) is 8.44. The van der Waals surface area contributed by atoms with Gasteiger partial charge in [0, 0.05) is 12.6 Å². The quantitative estimate of drug-likeness (QED) is 0.645. The van der Waals surface area contributed by atoms with Crippen LogP contribution in [-0.4, -0.2) is 28.5 Å². The van der Waals surface area contributed by atoms with Gasteiger partial charge in [0.2, 0.25) is 5.16 Å². The zero-order valence-corrected chi connectivity index (χ0v) is 14.2. The van der Waals surface area contributed by atoms with E-state index in [2.05, 4.69) is 48.4 Å². The number of hydrogen-bond donors (Lipinski definition) is 0. The molecule has 110 valence electrons. The number of hydrogen-bond acceptors (Lipinski definition) is 5. The molecule has 0 saturated heterocycles. The van der Waals surface area contributed by atoms with Crippen molar-refractivity contribution in [1.29, 1.82) is 0 Å². The van der Waals surface area contributed by atoms with Crippen molar-refractivity contribution in [3.8, 4) is 0 Å². The predicted octanol–water partition coefficient (Wildman–Crippen LogP) is 3.28. The van der Waals surface area contributed by atoms with Gasteiger partial charge in [0.15, 0.2) is 5.65 Å². The molecular formula is C15H12BrN5S. The van der Waals surface area contributed by atoms with Crippen LogP contribution in [-0.2, 0) is 6.42 Å². The first kappa shape index (κ1) is 13.9. The Balaban J connectivity index is 1.70. The Morgan fingerprint density at radius 2 is 2.18 bits per heavy atom. The van der Waals surface area contributed by atoms with Crippen LogP contribution in [0.1, 0.15) is 17.0 Å². The standard InChI is InChI=1S/C15H12BrN5S/c1-10-4-5-13-18-19-14(21(13)20-10)22-15(16)7-6-12-11(9-15)3-2-8-17-12/h2-8H,9H2,1H3. The average Bonchev–Trinajstić information content (AvgIpc) is 2.89. The number of fused-ring (bicyclic) bond motifs is 2. The number of thioether (sulfide) groups is 1. The minimum Gasteiger partial charge on any atom is -0.257 e. The molecule has 3 aromatic rings. The number of pyridine rings is 1. The van der Waals surface area contributed by atoms with E-state index in [0.29, 0.717) is 0 Å². The first-order valence-electron chi connectivity index (χ1n) is 6.83. The second kappa shape index (κ2) is 5.17. The predicted molar refractivity (Wildman–Crippen MR) is 90.0 cm³/mol. The molecule has 1 unspecified atom stereocenters. The topological polar surface area (TPSA) is 56.0 Å². The zero-order valence-electron chi connectivity index (χ0n) is 11.8. The summed E-state index contributed by atoms with van der Waals surface area (Å²) < 4.78 is 1.52. The summed E-state index contributed by atoms with van der Waals surface area (Å²) in [7, 11) is 0. The van der Waals surface area contributed by atoms with Gasteiger partial charge in [0.25, 0.3) is 0 Å². The van der Waals surface area contributed by atoms with Gasteiger partial charge >= 0.3 is 0 Å². The fraction of sp³-hybridized carbons (Fsp3) is 0.200. The highest BCUT2D eigenvalue weighted by Gasteiger charge is 2.31. The Labute approximate surface area is 140 Å². The normalized spacial score (nSPS) is 20.3. The third-order valence-electron chi connectivity index (χ3n) is 3.48. The zero-order chi connectivity index (χ0) is 15.2. The molecule has 1 atom stereocenters. The molecular weight excluding hydrogens is 362 g/mol. The van der Waals surface area contributed by atoms with Gasteiger partial charge in [0.1, 0.15) is 3.66 Å². The Morgan fingerprint density at radius 1 is 1.27 bits per heavy atom. The van der Waals surface area contributed by atoms with Crippen molar-refractivity contribution in [3.05, 3.63) is 53.5 Å². The number of alkyl halides is 1. The number of rotatable bonds is 2. The minimum absolute atomic E-state index is 0.266. The van der Waals surface area contributed by atoms with Crippen molar-refractivity contribution < 1.29 is 0 Å². The molecule has 3 heterocycles. The number of aryl methyl sites for hydroxylation is 1. The van der Waals surface area contributed by atoms with Crippen LogP contribution in [0.4, 0.5) is 0 Å². The van der Waals surface area contributed by atoms with Gasteiger partial charge in [-0.1, -0.05) is 39.8 Å². The molecule has 0 saturated carbocycles. The molecule has 0 bridgehead atoms. The monoisotopic (exact) mass is 373 g/mol. The smallest absolute Gasteiger partial charge is 0.214 e. The molecule has 22 heavy (non-hydrogen) atoms. The van der Waals surface area contributed by atoms with Crippen LogP contribution >= 0.6 is 27.7 Å². The van der Waals surface area contributed by atoms with Gasteiger partial charge < -0.3 is 0 Å². The van der Waals surface area contributed by atoms with E-state index in [1.807, 2.05) is 37.4 Å². The highest BCUT2D eigenvalue weighted by molar-refractivity contribution is 9.12. The largest absolute Gasteiger partial charge is 0.257 e. The van der Waals surface area contributed by atoms with Gasteiger partial charge in [-0.05, 0) is 36.8 Å². The highest BCUT2D eigenvalue weighted by atomic mass is 79.9. The molecule has 3 aromatic heterocycles. The van der Waals surface area contributed by atoms with Gasteiger partial charge in [-0.2, -0.15) is 9.61 Å². The summed E-state index contributed by atoms with van der Waals surface area (Å²) in [6, 6.07) is 7.93. The summed E-state index contributed by atoms with van der Waals surface area (Å²) in [5.41, 5.74) is 3.93. The Morgan fingerprint density at radius 3 is 3.09 bits per heavy atom. The van der Waals surface area contributed by atoms with Crippen LogP contribution in [0.5, 0.6) is 0 Å². The SMILES string of the molecule is Cc1ccc2nnc(SC3(Br)C=Cc4ncccc4C3)n2n1. The fourth-order valence-electron chi connectivity index (χ4n) is 2.42. The van der Waals surface area contributed by atoms with Crippen LogP contribution < -0.4 is 0 Å². The van der Waals surface area contributed by atoms with Crippen molar-refractivity contribution in [1.82, 2.24) is 24.8 Å². The Kier molecular flexibility index (Phi) is 3.27. The van der Waals surface area contributed by atoms with Gasteiger partial charge in [-0.3, -0.25) is 4.98 Å². The maximum atomic E-state index is 4.49. The van der Waals surface area contributed by atoms with Gasteiger partial charge in [-0.15, -0.1) is 10.2 Å². The lowest BCUT2D eigenvalue weighted by molar-refractivity contribution is 0.786. The lowest BCUT2D eigenvalue weighted by atomic mass is 10.0. The average molecular weight is 374 g/mol. The third-order valence-corrected chi connectivity index (χ3v) is 5.56. The summed E-state index contributed by atoms with van der Waals surface area (Å²) in [5, 5.41) is 13.7. The molecule has 5 nitrogen and oxygen atoms in total. The van der Waals surface area contributed by atoms with Crippen molar-refractivity contribution in [2.75, 3.05) is 0 Å². The summed E-state index contributed by atoms with van der Waals surface area (Å²) >= 11 is 5.44. The second-order valence-corrected chi connectivity index (χ2v) is 8.41. The molecule has 0 aliphatic heterocycles. The van der Waals surface area contributed by atoms with Crippen LogP contribution in [0.2, 0.25) is 0 Å². The third kappa shape index (κ3) is 2.44. The van der Waals surface area contributed by atoms with Crippen LogP contribution in [0.25, 0.3) is 11.7 Å². The van der Waals surface area contributed by atoms with E-state index in [4.69, 9.17) is 0 Å². The van der Waals surface area contributed by atoms with E-state index < -0.39 is 0 Å². The maximum Gasteiger partial charge on any atom is 0.214 e. The number of halogens is 1. The van der Waals surface area contributed by atoms with Crippen LogP contribution in [0.3, 0.4) is 0 Å². The van der Waals surface area contributed by atoms with Crippen molar-refractivity contribution >= 4 is 39.4 Å².